The van der Waals surface area contributed by atoms with Crippen LogP contribution in [0.25, 0.3) is 0 Å². The molecule has 1 aliphatic heterocycles. The van der Waals surface area contributed by atoms with Gasteiger partial charge in [-0.25, -0.2) is 0 Å². The van der Waals surface area contributed by atoms with Crippen molar-refractivity contribution in [3.8, 4) is 11.8 Å². The zero-order valence-corrected chi connectivity index (χ0v) is 17.2. The molecular weight excluding hydrogens is 364 g/mol. The van der Waals surface area contributed by atoms with Gasteiger partial charge in [0.05, 0.1) is 0 Å². The van der Waals surface area contributed by atoms with Crippen LogP contribution >= 0.6 is 0 Å². The second-order valence-corrected chi connectivity index (χ2v) is 11.6. The van der Waals surface area contributed by atoms with Crippen molar-refractivity contribution in [2.24, 2.45) is 0 Å². The van der Waals surface area contributed by atoms with Crippen LogP contribution in [0.2, 0.25) is 6.04 Å². The molecule has 0 radical (unpaired) electrons. The van der Waals surface area contributed by atoms with Gasteiger partial charge in [0, 0.05) is 18.7 Å². The zero-order valence-electron chi connectivity index (χ0n) is 16.2. The van der Waals surface area contributed by atoms with Crippen LogP contribution < -0.4 is 10.4 Å². The number of rotatable bonds is 6. The van der Waals surface area contributed by atoms with Crippen LogP contribution in [0, 0.1) is 0 Å². The van der Waals surface area contributed by atoms with Crippen molar-refractivity contribution in [3.05, 3.63) is 72.8 Å². The molecule has 1 fully saturated rings. The molecule has 0 unspecified atom stereocenters. The molecule has 1 aromatic heterocycles. The van der Waals surface area contributed by atoms with Crippen LogP contribution in [0.1, 0.15) is 19.3 Å². The number of nitrogens with zero attached hydrogens (tertiary/aromatic N) is 2. The highest BCUT2D eigenvalue weighted by molar-refractivity contribution is 7.00. The predicted octanol–water partition coefficient (Wildman–Crippen LogP) is 3.15. The van der Waals surface area contributed by atoms with E-state index in [1.165, 1.54) is 29.3 Å². The molecule has 1 saturated heterocycles. The zero-order chi connectivity index (χ0) is 19.4. The SMILES string of the molecule is Oc1ccc(O)n1CCCN1CCCC[Si]1(c1ccccc1)c1ccccc1. The Balaban J connectivity index is 1.63. The Labute approximate surface area is 167 Å². The van der Waals surface area contributed by atoms with Crippen molar-refractivity contribution >= 4 is 18.6 Å². The van der Waals surface area contributed by atoms with Gasteiger partial charge in [-0.1, -0.05) is 67.1 Å². The van der Waals surface area contributed by atoms with E-state index in [9.17, 15) is 10.2 Å². The van der Waals surface area contributed by atoms with Gasteiger partial charge in [-0.05, 0) is 42.3 Å². The lowest BCUT2D eigenvalue weighted by Crippen LogP contribution is -2.71. The van der Waals surface area contributed by atoms with Crippen molar-refractivity contribution in [1.29, 1.82) is 0 Å². The van der Waals surface area contributed by atoms with Crippen molar-refractivity contribution < 1.29 is 10.2 Å². The number of benzene rings is 2. The Bertz CT molecular complexity index is 836. The first-order valence-electron chi connectivity index (χ1n) is 10.2. The van der Waals surface area contributed by atoms with Crippen LogP contribution in [-0.2, 0) is 6.54 Å². The maximum atomic E-state index is 9.93. The highest BCUT2D eigenvalue weighted by atomic mass is 28.3. The molecular formula is C23H28N2O2Si. The van der Waals surface area contributed by atoms with Gasteiger partial charge >= 0.3 is 0 Å². The molecule has 0 atom stereocenters. The van der Waals surface area contributed by atoms with E-state index in [1.807, 2.05) is 0 Å². The summed E-state index contributed by atoms with van der Waals surface area (Å²) < 4.78 is 4.32. The van der Waals surface area contributed by atoms with Crippen molar-refractivity contribution in [2.45, 2.75) is 31.9 Å². The summed E-state index contributed by atoms with van der Waals surface area (Å²) in [6, 6.07) is 26.4. The van der Waals surface area contributed by atoms with E-state index in [0.717, 1.165) is 19.5 Å². The second kappa shape index (κ2) is 8.25. The molecule has 2 aromatic carbocycles. The molecule has 2 N–H and O–H groups in total. The van der Waals surface area contributed by atoms with E-state index in [-0.39, 0.29) is 11.8 Å². The fraction of sp³-hybridized carbons (Fsp3) is 0.304. The highest BCUT2D eigenvalue weighted by Gasteiger charge is 2.44. The molecule has 28 heavy (non-hydrogen) atoms. The fourth-order valence-electron chi connectivity index (χ4n) is 4.68. The average Bonchev–Trinajstić information content (AvgIpc) is 3.07. The summed E-state index contributed by atoms with van der Waals surface area (Å²) in [6.07, 6.45) is 3.39. The molecule has 4 rings (SSSR count). The van der Waals surface area contributed by atoms with Gasteiger partial charge in [-0.15, -0.1) is 0 Å². The monoisotopic (exact) mass is 392 g/mol. The smallest absolute Gasteiger partial charge is 0.193 e. The fourth-order valence-corrected chi connectivity index (χ4v) is 9.96. The van der Waals surface area contributed by atoms with E-state index in [1.54, 1.807) is 16.7 Å². The minimum Gasteiger partial charge on any atom is -0.494 e. The quantitative estimate of drug-likeness (QED) is 0.634. The van der Waals surface area contributed by atoms with Crippen LogP contribution in [0.5, 0.6) is 11.8 Å². The van der Waals surface area contributed by atoms with E-state index in [2.05, 4.69) is 65.2 Å². The summed E-state index contributed by atoms with van der Waals surface area (Å²) in [5, 5.41) is 22.8. The molecule has 5 heteroatoms. The molecule has 0 saturated carbocycles. The number of aromatic nitrogens is 1. The molecule has 1 aliphatic rings. The van der Waals surface area contributed by atoms with Crippen molar-refractivity contribution in [3.63, 3.8) is 0 Å². The number of hydrogen-bond donors (Lipinski definition) is 2. The van der Waals surface area contributed by atoms with Crippen LogP contribution in [-0.4, -0.2) is 40.7 Å². The maximum Gasteiger partial charge on any atom is 0.193 e. The van der Waals surface area contributed by atoms with Crippen molar-refractivity contribution in [2.75, 3.05) is 13.1 Å². The minimum atomic E-state index is -2.01. The molecule has 0 aliphatic carbocycles. The third-order valence-corrected chi connectivity index (χ3v) is 11.2. The topological polar surface area (TPSA) is 48.6 Å². The Hall–Kier alpha value is -2.50. The van der Waals surface area contributed by atoms with Crippen molar-refractivity contribution in [1.82, 2.24) is 9.13 Å². The number of aromatic hydroxyl groups is 2. The molecule has 2 heterocycles. The Morgan fingerprint density at radius 1 is 0.714 bits per heavy atom. The largest absolute Gasteiger partial charge is 0.494 e. The third kappa shape index (κ3) is 3.48. The van der Waals surface area contributed by atoms with E-state index >= 15 is 0 Å². The Morgan fingerprint density at radius 2 is 1.29 bits per heavy atom. The van der Waals surface area contributed by atoms with E-state index < -0.39 is 8.24 Å². The Morgan fingerprint density at radius 3 is 1.86 bits per heavy atom. The summed E-state index contributed by atoms with van der Waals surface area (Å²) in [4.78, 5) is 0. The van der Waals surface area contributed by atoms with Crippen LogP contribution in [0.3, 0.4) is 0 Å². The normalized spacial score (nSPS) is 16.9. The molecule has 0 amide bonds. The lowest BCUT2D eigenvalue weighted by Gasteiger charge is -2.46. The molecule has 3 aromatic rings. The number of hydrogen-bond acceptors (Lipinski definition) is 3. The van der Waals surface area contributed by atoms with Gasteiger partial charge in [0.15, 0.2) is 20.0 Å². The average molecular weight is 393 g/mol. The molecule has 0 spiro atoms. The first-order chi connectivity index (χ1) is 13.7. The van der Waals surface area contributed by atoms with Gasteiger partial charge in [-0.3, -0.25) is 4.57 Å². The molecule has 0 bridgehead atoms. The van der Waals surface area contributed by atoms with E-state index in [0.29, 0.717) is 6.54 Å². The first kappa shape index (κ1) is 18.8. The summed E-state index contributed by atoms with van der Waals surface area (Å²) >= 11 is 0. The van der Waals surface area contributed by atoms with Crippen LogP contribution in [0.15, 0.2) is 72.8 Å². The van der Waals surface area contributed by atoms with Gasteiger partial charge in [0.2, 0.25) is 0 Å². The lowest BCUT2D eigenvalue weighted by molar-refractivity contribution is 0.339. The highest BCUT2D eigenvalue weighted by Crippen LogP contribution is 2.27. The van der Waals surface area contributed by atoms with Crippen LogP contribution in [0.4, 0.5) is 0 Å². The second-order valence-electron chi connectivity index (χ2n) is 7.59. The summed E-state index contributed by atoms with van der Waals surface area (Å²) in [5.41, 5.74) is 0. The predicted molar refractivity (Wildman–Crippen MR) is 116 cm³/mol. The Kier molecular flexibility index (Phi) is 5.55. The summed E-state index contributed by atoms with van der Waals surface area (Å²) in [6.45, 7) is 2.70. The lowest BCUT2D eigenvalue weighted by atomic mass is 10.3. The van der Waals surface area contributed by atoms with Gasteiger partial charge in [0.1, 0.15) is 0 Å². The summed E-state index contributed by atoms with van der Waals surface area (Å²) in [7, 11) is -2.01. The minimum absolute atomic E-state index is 0.130. The standard InChI is InChI=1S/C23H28N2O2Si/c26-22-14-15-23(27)25(22)18-9-17-24-16-7-8-19-28(24,20-10-3-1-4-11-20)21-12-5-2-6-13-21/h1-6,10-15,26-27H,7-9,16-19H2. The van der Waals surface area contributed by atoms with Gasteiger partial charge < -0.3 is 14.8 Å². The molecule has 146 valence electrons. The molecule has 4 nitrogen and oxygen atoms in total. The van der Waals surface area contributed by atoms with Gasteiger partial charge in [0.25, 0.3) is 0 Å². The maximum absolute atomic E-state index is 9.93. The summed E-state index contributed by atoms with van der Waals surface area (Å²) in [5.74, 6) is 0.261. The van der Waals surface area contributed by atoms with Gasteiger partial charge in [-0.2, -0.15) is 0 Å². The third-order valence-electron chi connectivity index (χ3n) is 6.00. The first-order valence-corrected chi connectivity index (χ1v) is 12.3. The van der Waals surface area contributed by atoms with E-state index in [4.69, 9.17) is 0 Å².